The summed E-state index contributed by atoms with van der Waals surface area (Å²) in [7, 11) is -2.53. The van der Waals surface area contributed by atoms with E-state index >= 15 is 0 Å². The summed E-state index contributed by atoms with van der Waals surface area (Å²) < 4.78 is 30.9. The minimum Gasteiger partial charge on any atom is -0.478 e. The maximum Gasteiger partial charge on any atom is 0.337 e. The summed E-state index contributed by atoms with van der Waals surface area (Å²) in [5, 5.41) is 9.07. The molecule has 2 rings (SSSR count). The van der Waals surface area contributed by atoms with Crippen molar-refractivity contribution in [2.45, 2.75) is 11.4 Å². The Bertz CT molecular complexity index is 706. The van der Waals surface area contributed by atoms with Crippen LogP contribution in [0.15, 0.2) is 52.0 Å². The Kier molecular flexibility index (Phi) is 3.91. The largest absolute Gasteiger partial charge is 0.478 e. The van der Waals surface area contributed by atoms with Gasteiger partial charge in [0.1, 0.15) is 5.76 Å². The second kappa shape index (κ2) is 5.48. The summed E-state index contributed by atoms with van der Waals surface area (Å²) in [5.41, 5.74) is -0.251. The highest BCUT2D eigenvalue weighted by atomic mass is 32.2. The van der Waals surface area contributed by atoms with Gasteiger partial charge in [-0.2, -0.15) is 4.31 Å². The van der Waals surface area contributed by atoms with Crippen molar-refractivity contribution in [2.75, 3.05) is 7.05 Å². The van der Waals surface area contributed by atoms with Crippen LogP contribution in [0.5, 0.6) is 0 Å². The van der Waals surface area contributed by atoms with Crippen molar-refractivity contribution in [3.63, 3.8) is 0 Å². The molecule has 0 aliphatic heterocycles. The quantitative estimate of drug-likeness (QED) is 0.908. The van der Waals surface area contributed by atoms with Crippen LogP contribution in [-0.2, 0) is 16.6 Å². The van der Waals surface area contributed by atoms with Crippen molar-refractivity contribution in [3.05, 3.63) is 54.0 Å². The van der Waals surface area contributed by atoms with Crippen molar-refractivity contribution in [3.8, 4) is 0 Å². The average molecular weight is 295 g/mol. The lowest BCUT2D eigenvalue weighted by Gasteiger charge is -2.17. The van der Waals surface area contributed by atoms with Gasteiger partial charge in [0.15, 0.2) is 0 Å². The summed E-state index contributed by atoms with van der Waals surface area (Å²) in [4.78, 5) is 10.9. The number of nitrogens with zero attached hydrogens (tertiary/aromatic N) is 1. The van der Waals surface area contributed by atoms with Crippen molar-refractivity contribution in [1.82, 2.24) is 4.31 Å². The van der Waals surface area contributed by atoms with E-state index in [-0.39, 0.29) is 17.0 Å². The third kappa shape index (κ3) is 2.73. The highest BCUT2D eigenvalue weighted by molar-refractivity contribution is 7.89. The highest BCUT2D eigenvalue weighted by Crippen LogP contribution is 2.21. The predicted octanol–water partition coefficient (Wildman–Crippen LogP) is 1.80. The molecule has 0 radical (unpaired) electrons. The zero-order valence-electron chi connectivity index (χ0n) is 10.7. The summed E-state index contributed by atoms with van der Waals surface area (Å²) in [6.07, 6.45) is 1.45. The Morgan fingerprint density at radius 3 is 2.55 bits per heavy atom. The van der Waals surface area contributed by atoms with Gasteiger partial charge >= 0.3 is 5.97 Å². The monoisotopic (exact) mass is 295 g/mol. The zero-order chi connectivity index (χ0) is 14.8. The van der Waals surface area contributed by atoms with Gasteiger partial charge in [0.05, 0.1) is 23.3 Å². The van der Waals surface area contributed by atoms with E-state index in [0.717, 1.165) is 4.31 Å². The second-order valence-electron chi connectivity index (χ2n) is 4.14. The molecular weight excluding hydrogens is 282 g/mol. The van der Waals surface area contributed by atoms with Gasteiger partial charge in [-0.3, -0.25) is 0 Å². The van der Waals surface area contributed by atoms with Gasteiger partial charge in [-0.15, -0.1) is 0 Å². The molecule has 6 nitrogen and oxygen atoms in total. The molecule has 0 aliphatic carbocycles. The van der Waals surface area contributed by atoms with Crippen LogP contribution in [0, 0.1) is 0 Å². The molecule has 1 heterocycles. The van der Waals surface area contributed by atoms with Crippen molar-refractivity contribution in [2.24, 2.45) is 0 Å². The van der Waals surface area contributed by atoms with Gasteiger partial charge in [-0.25, -0.2) is 13.2 Å². The minimum absolute atomic E-state index is 0.0310. The van der Waals surface area contributed by atoms with Crippen LogP contribution in [0.2, 0.25) is 0 Å². The van der Waals surface area contributed by atoms with E-state index in [1.807, 2.05) is 0 Å². The smallest absolute Gasteiger partial charge is 0.337 e. The van der Waals surface area contributed by atoms with Crippen LogP contribution in [0.4, 0.5) is 0 Å². The van der Waals surface area contributed by atoms with Crippen molar-refractivity contribution >= 4 is 16.0 Å². The van der Waals surface area contributed by atoms with Gasteiger partial charge in [0.2, 0.25) is 10.0 Å². The van der Waals surface area contributed by atoms with Crippen LogP contribution >= 0.6 is 0 Å². The molecule has 106 valence electrons. The van der Waals surface area contributed by atoms with Crippen molar-refractivity contribution < 1.29 is 22.7 Å². The maximum atomic E-state index is 12.4. The minimum atomic E-state index is -3.90. The zero-order valence-corrected chi connectivity index (χ0v) is 11.5. The first kappa shape index (κ1) is 14.3. The fourth-order valence-electron chi connectivity index (χ4n) is 1.74. The molecule has 1 N–H and O–H groups in total. The predicted molar refractivity (Wildman–Crippen MR) is 70.8 cm³/mol. The van der Waals surface area contributed by atoms with Gasteiger partial charge in [0.25, 0.3) is 0 Å². The third-order valence-electron chi connectivity index (χ3n) is 2.76. The number of benzene rings is 1. The second-order valence-corrected chi connectivity index (χ2v) is 6.16. The molecule has 1 aromatic carbocycles. The standard InChI is InChI=1S/C13H13NO5S/c1-14(9-10-5-4-8-19-10)20(17,18)12-7-3-2-6-11(12)13(15)16/h2-8H,9H2,1H3,(H,15,16). The number of aromatic carboxylic acids is 1. The molecular formula is C13H13NO5S. The number of carbonyl (C=O) groups is 1. The van der Waals surface area contributed by atoms with Gasteiger partial charge in [0, 0.05) is 7.05 Å². The number of furan rings is 1. The SMILES string of the molecule is CN(Cc1ccco1)S(=O)(=O)c1ccccc1C(=O)O. The van der Waals surface area contributed by atoms with E-state index in [0.29, 0.717) is 5.76 Å². The molecule has 0 atom stereocenters. The molecule has 0 unspecified atom stereocenters. The van der Waals surface area contributed by atoms with Crippen LogP contribution < -0.4 is 0 Å². The van der Waals surface area contributed by atoms with Crippen LogP contribution in [0.1, 0.15) is 16.1 Å². The Morgan fingerprint density at radius 2 is 1.95 bits per heavy atom. The first-order chi connectivity index (χ1) is 9.43. The third-order valence-corrected chi connectivity index (χ3v) is 4.63. The van der Waals surface area contributed by atoms with E-state index < -0.39 is 16.0 Å². The summed E-state index contributed by atoms with van der Waals surface area (Å²) in [6.45, 7) is 0.0310. The first-order valence-electron chi connectivity index (χ1n) is 5.74. The van der Waals surface area contributed by atoms with E-state index in [9.17, 15) is 13.2 Å². The molecule has 0 amide bonds. The van der Waals surface area contributed by atoms with Crippen LogP contribution in [0.3, 0.4) is 0 Å². The maximum absolute atomic E-state index is 12.4. The lowest BCUT2D eigenvalue weighted by Crippen LogP contribution is -2.27. The number of carboxylic acids is 1. The average Bonchev–Trinajstić information content (AvgIpc) is 2.91. The van der Waals surface area contributed by atoms with Gasteiger partial charge < -0.3 is 9.52 Å². The molecule has 7 heteroatoms. The fourth-order valence-corrected chi connectivity index (χ4v) is 3.06. The summed E-state index contributed by atoms with van der Waals surface area (Å²) in [6, 6.07) is 8.80. The molecule has 0 saturated heterocycles. The fraction of sp³-hybridized carbons (Fsp3) is 0.154. The lowest BCUT2D eigenvalue weighted by atomic mass is 10.2. The Balaban J connectivity index is 2.37. The number of carboxylic acid groups (broad SMARTS) is 1. The Hall–Kier alpha value is -2.12. The van der Waals surface area contributed by atoms with E-state index in [2.05, 4.69) is 0 Å². The van der Waals surface area contributed by atoms with E-state index in [1.54, 1.807) is 12.1 Å². The molecule has 1 aromatic heterocycles. The molecule has 0 bridgehead atoms. The molecule has 0 spiro atoms. The Labute approximate surface area is 116 Å². The first-order valence-corrected chi connectivity index (χ1v) is 7.18. The number of hydrogen-bond acceptors (Lipinski definition) is 4. The highest BCUT2D eigenvalue weighted by Gasteiger charge is 2.26. The van der Waals surface area contributed by atoms with Gasteiger partial charge in [-0.05, 0) is 24.3 Å². The Morgan fingerprint density at radius 1 is 1.25 bits per heavy atom. The number of sulfonamides is 1. The summed E-state index contributed by atoms with van der Waals surface area (Å²) in [5.74, 6) is -0.806. The van der Waals surface area contributed by atoms with Crippen LogP contribution in [0.25, 0.3) is 0 Å². The van der Waals surface area contributed by atoms with E-state index in [1.165, 1.54) is 37.6 Å². The molecule has 0 fully saturated rings. The summed E-state index contributed by atoms with van der Waals surface area (Å²) >= 11 is 0. The normalized spacial score (nSPS) is 11.7. The topological polar surface area (TPSA) is 87.8 Å². The number of hydrogen-bond donors (Lipinski definition) is 1. The van der Waals surface area contributed by atoms with Crippen molar-refractivity contribution in [1.29, 1.82) is 0 Å². The van der Waals surface area contributed by atoms with Gasteiger partial charge in [-0.1, -0.05) is 12.1 Å². The molecule has 2 aromatic rings. The molecule has 0 saturated carbocycles. The molecule has 20 heavy (non-hydrogen) atoms. The van der Waals surface area contributed by atoms with Crippen LogP contribution in [-0.4, -0.2) is 30.8 Å². The number of rotatable bonds is 5. The van der Waals surface area contributed by atoms with E-state index in [4.69, 9.17) is 9.52 Å². The molecule has 0 aliphatic rings. The lowest BCUT2D eigenvalue weighted by molar-refractivity contribution is 0.0692.